The second-order valence-corrected chi connectivity index (χ2v) is 3.55. The zero-order valence-corrected chi connectivity index (χ0v) is 8.78. The molecule has 1 fully saturated rings. The first-order valence-corrected chi connectivity index (χ1v) is 4.75. The molecule has 0 aromatic carbocycles. The molecule has 1 saturated heterocycles. The third-order valence-corrected chi connectivity index (χ3v) is 2.91. The maximum absolute atomic E-state index is 11.2. The number of nitrogens with two attached hydrogens (primary N) is 1. The average Bonchev–Trinajstić information content (AvgIpc) is 2.28. The zero-order chi connectivity index (χ0) is 10.6. The van der Waals surface area contributed by atoms with Gasteiger partial charge in [-0.05, 0) is 12.8 Å². The predicted molar refractivity (Wildman–Crippen MR) is 52.0 cm³/mol. The molecule has 1 amide bonds. The molecule has 0 radical (unpaired) electrons. The lowest BCUT2D eigenvalue weighted by Crippen LogP contribution is -2.51. The fraction of sp³-hybridized carbons (Fsp3) is 0.889. The van der Waals surface area contributed by atoms with Crippen molar-refractivity contribution in [2.75, 3.05) is 33.9 Å². The molecule has 0 aliphatic carbocycles. The lowest BCUT2D eigenvalue weighted by Gasteiger charge is -2.39. The Balaban J connectivity index is 2.48. The minimum atomic E-state index is -0.272. The fourth-order valence-electron chi connectivity index (χ4n) is 1.72. The van der Waals surface area contributed by atoms with E-state index < -0.39 is 0 Å². The van der Waals surface area contributed by atoms with E-state index in [1.165, 1.54) is 7.11 Å². The maximum atomic E-state index is 11.2. The summed E-state index contributed by atoms with van der Waals surface area (Å²) in [5.41, 5.74) is 5.40. The number of hydrogen-bond donors (Lipinski definition) is 1. The molecule has 1 heterocycles. The second-order valence-electron chi connectivity index (χ2n) is 3.55. The molecule has 82 valence electrons. The molecule has 14 heavy (non-hydrogen) atoms. The van der Waals surface area contributed by atoms with E-state index in [4.69, 9.17) is 10.5 Å². The Morgan fingerprint density at radius 3 is 2.36 bits per heavy atom. The van der Waals surface area contributed by atoms with Crippen LogP contribution in [0.4, 0.5) is 4.79 Å². The van der Waals surface area contributed by atoms with Crippen LogP contribution in [0.25, 0.3) is 0 Å². The van der Waals surface area contributed by atoms with E-state index in [0.29, 0.717) is 19.6 Å². The van der Waals surface area contributed by atoms with Gasteiger partial charge in [-0.2, -0.15) is 0 Å². The van der Waals surface area contributed by atoms with E-state index in [1.807, 2.05) is 0 Å². The van der Waals surface area contributed by atoms with Gasteiger partial charge in [0.15, 0.2) is 0 Å². The molecule has 0 bridgehead atoms. The topological polar surface area (TPSA) is 64.8 Å². The smallest absolute Gasteiger partial charge is 0.409 e. The van der Waals surface area contributed by atoms with Crippen molar-refractivity contribution in [3.63, 3.8) is 0 Å². The summed E-state index contributed by atoms with van der Waals surface area (Å²) in [4.78, 5) is 12.9. The SMILES string of the molecule is COC(=O)N1CCC(CN)(OC)CC1. The standard InChI is InChI=1S/C9H18N2O3/c1-13-8(12)11-5-3-9(7-10,14-2)4-6-11/h3-7,10H2,1-2H3. The van der Waals surface area contributed by atoms with Crippen LogP contribution >= 0.6 is 0 Å². The van der Waals surface area contributed by atoms with Gasteiger partial charge in [-0.1, -0.05) is 0 Å². The molecule has 1 aliphatic heterocycles. The van der Waals surface area contributed by atoms with Gasteiger partial charge in [0.1, 0.15) is 0 Å². The van der Waals surface area contributed by atoms with Gasteiger partial charge >= 0.3 is 6.09 Å². The van der Waals surface area contributed by atoms with Crippen LogP contribution in [0.1, 0.15) is 12.8 Å². The maximum Gasteiger partial charge on any atom is 0.409 e. The van der Waals surface area contributed by atoms with Crippen LogP contribution in [-0.2, 0) is 9.47 Å². The summed E-state index contributed by atoms with van der Waals surface area (Å²) in [5, 5.41) is 0. The number of piperidine rings is 1. The average molecular weight is 202 g/mol. The van der Waals surface area contributed by atoms with Crippen LogP contribution in [0, 0.1) is 0 Å². The highest BCUT2D eigenvalue weighted by molar-refractivity contribution is 5.67. The van der Waals surface area contributed by atoms with Crippen molar-refractivity contribution < 1.29 is 14.3 Å². The van der Waals surface area contributed by atoms with Gasteiger partial charge in [0.25, 0.3) is 0 Å². The van der Waals surface area contributed by atoms with Crippen molar-refractivity contribution in [1.82, 2.24) is 4.90 Å². The first kappa shape index (κ1) is 11.3. The Hall–Kier alpha value is -0.810. The highest BCUT2D eigenvalue weighted by Gasteiger charge is 2.34. The number of amides is 1. The summed E-state index contributed by atoms with van der Waals surface area (Å²) in [7, 11) is 3.06. The van der Waals surface area contributed by atoms with E-state index in [2.05, 4.69) is 4.74 Å². The second kappa shape index (κ2) is 4.61. The van der Waals surface area contributed by atoms with Crippen molar-refractivity contribution in [2.24, 2.45) is 5.73 Å². The Morgan fingerprint density at radius 2 is 2.00 bits per heavy atom. The van der Waals surface area contributed by atoms with Gasteiger partial charge in [0, 0.05) is 26.7 Å². The minimum Gasteiger partial charge on any atom is -0.453 e. The van der Waals surface area contributed by atoms with Crippen LogP contribution in [0.3, 0.4) is 0 Å². The van der Waals surface area contributed by atoms with E-state index in [1.54, 1.807) is 12.0 Å². The van der Waals surface area contributed by atoms with Gasteiger partial charge in [-0.3, -0.25) is 0 Å². The third kappa shape index (κ3) is 2.16. The molecular formula is C9H18N2O3. The number of methoxy groups -OCH3 is 2. The number of carbonyl (C=O) groups is 1. The molecule has 2 N–H and O–H groups in total. The van der Waals surface area contributed by atoms with E-state index >= 15 is 0 Å². The van der Waals surface area contributed by atoms with Crippen LogP contribution in [0.5, 0.6) is 0 Å². The summed E-state index contributed by atoms with van der Waals surface area (Å²) in [5.74, 6) is 0. The normalized spacial score (nSPS) is 20.6. The van der Waals surface area contributed by atoms with Crippen LogP contribution in [-0.4, -0.2) is 50.4 Å². The molecule has 1 aliphatic rings. The Bertz CT molecular complexity index is 194. The Labute approximate surface area is 84.1 Å². The van der Waals surface area contributed by atoms with E-state index in [-0.39, 0.29) is 11.7 Å². The lowest BCUT2D eigenvalue weighted by atomic mass is 9.91. The quantitative estimate of drug-likeness (QED) is 0.694. The van der Waals surface area contributed by atoms with E-state index in [9.17, 15) is 4.79 Å². The molecule has 0 aromatic rings. The van der Waals surface area contributed by atoms with Crippen molar-refractivity contribution in [1.29, 1.82) is 0 Å². The van der Waals surface area contributed by atoms with Gasteiger partial charge in [0.05, 0.1) is 12.7 Å². The predicted octanol–water partition coefficient (Wildman–Crippen LogP) is 0.193. The van der Waals surface area contributed by atoms with Crippen LogP contribution < -0.4 is 5.73 Å². The first-order valence-electron chi connectivity index (χ1n) is 4.75. The number of nitrogens with zero attached hydrogens (tertiary/aromatic N) is 1. The lowest BCUT2D eigenvalue weighted by molar-refractivity contribution is -0.0467. The largest absolute Gasteiger partial charge is 0.453 e. The van der Waals surface area contributed by atoms with Gasteiger partial charge in [-0.15, -0.1) is 0 Å². The molecule has 5 heteroatoms. The van der Waals surface area contributed by atoms with Crippen molar-refractivity contribution in [2.45, 2.75) is 18.4 Å². The summed E-state index contributed by atoms with van der Waals surface area (Å²) in [6.45, 7) is 1.80. The highest BCUT2D eigenvalue weighted by atomic mass is 16.5. The van der Waals surface area contributed by atoms with Crippen LogP contribution in [0.2, 0.25) is 0 Å². The monoisotopic (exact) mass is 202 g/mol. The summed E-state index contributed by atoms with van der Waals surface area (Å²) in [6, 6.07) is 0. The third-order valence-electron chi connectivity index (χ3n) is 2.91. The van der Waals surface area contributed by atoms with Crippen molar-refractivity contribution in [3.8, 4) is 0 Å². The van der Waals surface area contributed by atoms with Gasteiger partial charge < -0.3 is 20.1 Å². The number of hydrogen-bond acceptors (Lipinski definition) is 4. The zero-order valence-electron chi connectivity index (χ0n) is 8.78. The molecule has 0 saturated carbocycles. The highest BCUT2D eigenvalue weighted by Crippen LogP contribution is 2.24. The van der Waals surface area contributed by atoms with Crippen molar-refractivity contribution >= 4 is 6.09 Å². The molecule has 1 rings (SSSR count). The Kier molecular flexibility index (Phi) is 3.71. The molecule has 0 atom stereocenters. The number of rotatable bonds is 2. The molecule has 5 nitrogen and oxygen atoms in total. The molecular weight excluding hydrogens is 184 g/mol. The van der Waals surface area contributed by atoms with Crippen LogP contribution in [0.15, 0.2) is 0 Å². The minimum absolute atomic E-state index is 0.246. The molecule has 0 aromatic heterocycles. The number of carbonyl (C=O) groups excluding carboxylic acids is 1. The van der Waals surface area contributed by atoms with Crippen molar-refractivity contribution in [3.05, 3.63) is 0 Å². The molecule has 0 unspecified atom stereocenters. The summed E-state index contributed by atoms with van der Waals surface area (Å²) >= 11 is 0. The first-order chi connectivity index (χ1) is 6.67. The Morgan fingerprint density at radius 1 is 1.43 bits per heavy atom. The van der Waals surface area contributed by atoms with Gasteiger partial charge in [0.2, 0.25) is 0 Å². The number of likely N-dealkylation sites (tertiary alicyclic amines) is 1. The summed E-state index contributed by atoms with van der Waals surface area (Å²) in [6.07, 6.45) is 1.27. The molecule has 0 spiro atoms. The number of ether oxygens (including phenoxy) is 2. The van der Waals surface area contributed by atoms with Gasteiger partial charge in [-0.25, -0.2) is 4.79 Å². The van der Waals surface area contributed by atoms with E-state index in [0.717, 1.165) is 12.8 Å². The fourth-order valence-corrected chi connectivity index (χ4v) is 1.72. The summed E-state index contributed by atoms with van der Waals surface area (Å²) < 4.78 is 10.0.